The van der Waals surface area contributed by atoms with E-state index in [0.717, 1.165) is 0 Å². The number of aliphatic hydroxyl groups excluding tert-OH is 1. The highest BCUT2D eigenvalue weighted by Gasteiger charge is 2.03. The lowest BCUT2D eigenvalue weighted by molar-refractivity contribution is 0.0644. The van der Waals surface area contributed by atoms with Gasteiger partial charge in [0.05, 0.1) is 25.4 Å². The topological polar surface area (TPSA) is 47.9 Å². The van der Waals surface area contributed by atoms with Crippen molar-refractivity contribution >= 4 is 0 Å². The maximum atomic E-state index is 13.2. The van der Waals surface area contributed by atoms with Gasteiger partial charge in [-0.2, -0.15) is 0 Å². The molecular weight excluding hydrogens is 263 g/mol. The molecule has 0 bridgehead atoms. The van der Waals surface area contributed by atoms with Gasteiger partial charge in [0, 0.05) is 26.2 Å². The van der Waals surface area contributed by atoms with E-state index < -0.39 is 0 Å². The Morgan fingerprint density at radius 1 is 1.20 bits per heavy atom. The average Bonchev–Trinajstić information content (AvgIpc) is 2.45. The highest BCUT2D eigenvalue weighted by molar-refractivity contribution is 5.46. The molecule has 0 radical (unpaired) electrons. The molecule has 1 aromatic carbocycles. The smallest absolute Gasteiger partial charge is 0.137 e. The third-order valence-corrected chi connectivity index (χ3v) is 2.37. The monoisotopic (exact) mass is 282 g/mol. The third-order valence-electron chi connectivity index (χ3n) is 2.37. The Hall–Kier alpha value is -1.61. The van der Waals surface area contributed by atoms with Crippen molar-refractivity contribution in [3.05, 3.63) is 29.6 Å². The summed E-state index contributed by atoms with van der Waals surface area (Å²) >= 11 is 0. The molecule has 4 nitrogen and oxygen atoms in total. The van der Waals surface area contributed by atoms with Crippen molar-refractivity contribution in [1.82, 2.24) is 0 Å². The highest BCUT2D eigenvalue weighted by Crippen LogP contribution is 2.19. The van der Waals surface area contributed by atoms with Crippen molar-refractivity contribution in [2.45, 2.75) is 6.42 Å². The first kappa shape index (κ1) is 16.4. The minimum Gasteiger partial charge on any atom is -0.492 e. The molecular formula is C15H19FO4. The number of hydrogen-bond acceptors (Lipinski definition) is 4. The van der Waals surface area contributed by atoms with Crippen LogP contribution < -0.4 is 4.74 Å². The Bertz CT molecular complexity index is 451. The van der Waals surface area contributed by atoms with Crippen LogP contribution in [0.3, 0.4) is 0 Å². The summed E-state index contributed by atoms with van der Waals surface area (Å²) in [6.45, 7) is 1.82. The molecule has 5 heteroatoms. The lowest BCUT2D eigenvalue weighted by Crippen LogP contribution is -2.07. The zero-order valence-corrected chi connectivity index (χ0v) is 11.5. The zero-order valence-electron chi connectivity index (χ0n) is 11.5. The molecule has 0 saturated carbocycles. The van der Waals surface area contributed by atoms with Gasteiger partial charge in [-0.15, -0.1) is 0 Å². The third kappa shape index (κ3) is 6.53. The van der Waals surface area contributed by atoms with E-state index in [-0.39, 0.29) is 12.4 Å². The molecule has 0 amide bonds. The summed E-state index contributed by atoms with van der Waals surface area (Å²) < 4.78 is 28.8. The van der Waals surface area contributed by atoms with E-state index in [1.165, 1.54) is 18.2 Å². The fraction of sp³-hybridized carbons (Fsp3) is 0.467. The predicted molar refractivity (Wildman–Crippen MR) is 73.2 cm³/mol. The maximum absolute atomic E-state index is 13.2. The minimum atomic E-state index is -0.383. The molecule has 0 aliphatic heterocycles. The van der Waals surface area contributed by atoms with Gasteiger partial charge in [-0.1, -0.05) is 11.8 Å². The van der Waals surface area contributed by atoms with E-state index in [2.05, 4.69) is 11.8 Å². The molecule has 0 aromatic heterocycles. The molecule has 1 aromatic rings. The van der Waals surface area contributed by atoms with E-state index >= 15 is 0 Å². The van der Waals surface area contributed by atoms with Crippen molar-refractivity contribution in [2.75, 3.05) is 40.1 Å². The summed E-state index contributed by atoms with van der Waals surface area (Å²) in [5, 5.41) is 8.67. The molecule has 20 heavy (non-hydrogen) atoms. The number of aliphatic hydroxyl groups is 1. The molecule has 1 N–H and O–H groups in total. The maximum Gasteiger partial charge on any atom is 0.137 e. The van der Waals surface area contributed by atoms with Gasteiger partial charge >= 0.3 is 0 Å². The van der Waals surface area contributed by atoms with Gasteiger partial charge in [0.1, 0.15) is 18.2 Å². The summed E-state index contributed by atoms with van der Waals surface area (Å²) in [4.78, 5) is 0. The van der Waals surface area contributed by atoms with Crippen LogP contribution in [0.1, 0.15) is 12.0 Å². The van der Waals surface area contributed by atoms with Gasteiger partial charge in [0.25, 0.3) is 0 Å². The fourth-order valence-electron chi connectivity index (χ4n) is 1.44. The predicted octanol–water partition coefficient (Wildman–Crippen LogP) is 1.60. The van der Waals surface area contributed by atoms with Gasteiger partial charge < -0.3 is 19.3 Å². The van der Waals surface area contributed by atoms with Crippen LogP contribution in [0, 0.1) is 17.7 Å². The summed E-state index contributed by atoms with van der Waals surface area (Å²) in [5.74, 6) is 5.23. The second-order valence-corrected chi connectivity index (χ2v) is 3.91. The number of methoxy groups -OCH3 is 1. The Balaban J connectivity index is 2.40. The molecule has 1 rings (SSSR count). The summed E-state index contributed by atoms with van der Waals surface area (Å²) in [6.07, 6.45) is 0.688. The first-order valence-electron chi connectivity index (χ1n) is 6.36. The van der Waals surface area contributed by atoms with Gasteiger partial charge in [0.15, 0.2) is 0 Å². The summed E-state index contributed by atoms with van der Waals surface area (Å²) in [7, 11) is 1.62. The van der Waals surface area contributed by atoms with E-state index in [1.807, 2.05) is 0 Å². The van der Waals surface area contributed by atoms with Gasteiger partial charge in [-0.3, -0.25) is 0 Å². The van der Waals surface area contributed by atoms with Crippen molar-refractivity contribution in [3.8, 4) is 17.6 Å². The molecule has 0 unspecified atom stereocenters. The Morgan fingerprint density at radius 2 is 2.05 bits per heavy atom. The number of ether oxygens (including phenoxy) is 3. The van der Waals surface area contributed by atoms with Gasteiger partial charge in [-0.25, -0.2) is 4.39 Å². The SMILES string of the molecule is COCCOCCCOc1cc(F)ccc1C#CCO. The van der Waals surface area contributed by atoms with Crippen LogP contribution in [-0.4, -0.2) is 45.3 Å². The fourth-order valence-corrected chi connectivity index (χ4v) is 1.44. The van der Waals surface area contributed by atoms with Crippen molar-refractivity contribution < 1.29 is 23.7 Å². The van der Waals surface area contributed by atoms with Gasteiger partial charge in [0.2, 0.25) is 0 Å². The van der Waals surface area contributed by atoms with Crippen LogP contribution in [0.4, 0.5) is 4.39 Å². The summed E-state index contributed by atoms with van der Waals surface area (Å²) in [6, 6.07) is 4.12. The van der Waals surface area contributed by atoms with Crippen LogP contribution in [0.2, 0.25) is 0 Å². The number of rotatable bonds is 8. The molecule has 110 valence electrons. The molecule has 0 atom stereocenters. The number of hydrogen-bond donors (Lipinski definition) is 1. The molecule has 0 aliphatic rings. The molecule has 0 saturated heterocycles. The second kappa shape index (κ2) is 10.2. The minimum absolute atomic E-state index is 0.246. The number of halogens is 1. The molecule has 0 heterocycles. The molecule has 0 fully saturated rings. The second-order valence-electron chi connectivity index (χ2n) is 3.91. The van der Waals surface area contributed by atoms with Gasteiger partial charge in [-0.05, 0) is 12.1 Å². The highest BCUT2D eigenvalue weighted by atomic mass is 19.1. The van der Waals surface area contributed by atoms with Crippen molar-refractivity contribution in [2.24, 2.45) is 0 Å². The molecule has 0 spiro atoms. The van der Waals surface area contributed by atoms with Crippen LogP contribution in [-0.2, 0) is 9.47 Å². The van der Waals surface area contributed by atoms with Crippen LogP contribution in [0.25, 0.3) is 0 Å². The number of benzene rings is 1. The van der Waals surface area contributed by atoms with Crippen LogP contribution in [0.5, 0.6) is 5.75 Å². The first-order valence-corrected chi connectivity index (χ1v) is 6.36. The van der Waals surface area contributed by atoms with Crippen molar-refractivity contribution in [1.29, 1.82) is 0 Å². The Morgan fingerprint density at radius 3 is 2.80 bits per heavy atom. The largest absolute Gasteiger partial charge is 0.492 e. The quantitative estimate of drug-likeness (QED) is 0.581. The molecule has 0 aliphatic carbocycles. The Kier molecular flexibility index (Phi) is 8.40. The summed E-state index contributed by atoms with van der Waals surface area (Å²) in [5.41, 5.74) is 0.556. The van der Waals surface area contributed by atoms with E-state index in [1.54, 1.807) is 7.11 Å². The van der Waals surface area contributed by atoms with E-state index in [9.17, 15) is 4.39 Å². The van der Waals surface area contributed by atoms with Crippen molar-refractivity contribution in [3.63, 3.8) is 0 Å². The van der Waals surface area contributed by atoms with E-state index in [4.69, 9.17) is 19.3 Å². The van der Waals surface area contributed by atoms with Crippen LogP contribution in [0.15, 0.2) is 18.2 Å². The first-order chi connectivity index (χ1) is 9.77. The van der Waals surface area contributed by atoms with Crippen LogP contribution >= 0.6 is 0 Å². The van der Waals surface area contributed by atoms with E-state index in [0.29, 0.717) is 44.2 Å². The lowest BCUT2D eigenvalue weighted by atomic mass is 10.2. The Labute approximate surface area is 118 Å². The normalized spacial score (nSPS) is 9.95. The standard InChI is InChI=1S/C15H19FO4/c1-18-10-11-19-8-3-9-20-15-12-14(16)6-5-13(15)4-2-7-17/h5-6,12,17H,3,7-11H2,1H3. The lowest BCUT2D eigenvalue weighted by Gasteiger charge is -2.09. The zero-order chi connectivity index (χ0) is 14.6. The average molecular weight is 282 g/mol.